The Hall–Kier alpha value is -2.20. The van der Waals surface area contributed by atoms with Crippen molar-refractivity contribution in [2.24, 2.45) is 0 Å². The lowest BCUT2D eigenvalue weighted by Gasteiger charge is -2.65. The predicted molar refractivity (Wildman–Crippen MR) is 127 cm³/mol. The molecule has 0 unspecified atom stereocenters. The SMILES string of the molecule is C[C@@]1(N2CCN(c3cc4c(cnn4-c4cnn(C56CC(F)(C5)C6)c4)cc3Cl)CC2)COC[C@@H]1O. The molecule has 3 aromatic rings. The van der Waals surface area contributed by atoms with Crippen LogP contribution in [0.15, 0.2) is 30.7 Å². The highest BCUT2D eigenvalue weighted by Gasteiger charge is 2.71. The summed E-state index contributed by atoms with van der Waals surface area (Å²) in [5.41, 5.74) is 1.39. The molecular weight excluding hydrogens is 459 g/mol. The summed E-state index contributed by atoms with van der Waals surface area (Å²) in [4.78, 5) is 4.63. The highest BCUT2D eigenvalue weighted by atomic mass is 35.5. The van der Waals surface area contributed by atoms with Gasteiger partial charge in [0.25, 0.3) is 0 Å². The molecule has 10 heteroatoms. The van der Waals surface area contributed by atoms with E-state index in [-0.39, 0.29) is 11.1 Å². The van der Waals surface area contributed by atoms with Gasteiger partial charge in [-0.05, 0) is 19.1 Å². The van der Waals surface area contributed by atoms with E-state index in [0.29, 0.717) is 37.5 Å². The van der Waals surface area contributed by atoms with Crippen LogP contribution in [0.5, 0.6) is 0 Å². The Morgan fingerprint density at radius 3 is 2.56 bits per heavy atom. The number of piperazine rings is 1. The van der Waals surface area contributed by atoms with Gasteiger partial charge in [-0.25, -0.2) is 9.07 Å². The van der Waals surface area contributed by atoms with Gasteiger partial charge in [0.1, 0.15) is 11.4 Å². The van der Waals surface area contributed by atoms with Gasteiger partial charge in [0.05, 0.1) is 65.2 Å². The van der Waals surface area contributed by atoms with Crippen molar-refractivity contribution in [2.45, 2.75) is 49.0 Å². The van der Waals surface area contributed by atoms with Crippen molar-refractivity contribution < 1.29 is 14.2 Å². The van der Waals surface area contributed by atoms with Crippen LogP contribution < -0.4 is 4.90 Å². The van der Waals surface area contributed by atoms with E-state index in [0.717, 1.165) is 48.5 Å². The highest BCUT2D eigenvalue weighted by Crippen LogP contribution is 2.67. The molecule has 3 aliphatic carbocycles. The smallest absolute Gasteiger partial charge is 0.118 e. The molecule has 0 radical (unpaired) electrons. The number of halogens is 2. The molecule has 3 saturated carbocycles. The first-order valence-corrected chi connectivity index (χ1v) is 12.3. The van der Waals surface area contributed by atoms with Crippen LogP contribution in [0, 0.1) is 0 Å². The number of hydrogen-bond donors (Lipinski definition) is 1. The maximum atomic E-state index is 14.0. The molecule has 1 aromatic carbocycles. The van der Waals surface area contributed by atoms with Gasteiger partial charge >= 0.3 is 0 Å². The fourth-order valence-corrected chi connectivity index (χ4v) is 6.73. The molecule has 0 spiro atoms. The number of benzene rings is 1. The average Bonchev–Trinajstić information content (AvgIpc) is 3.50. The minimum atomic E-state index is -0.958. The summed E-state index contributed by atoms with van der Waals surface area (Å²) < 4.78 is 23.3. The van der Waals surface area contributed by atoms with Gasteiger partial charge in [-0.1, -0.05) is 11.6 Å². The fourth-order valence-electron chi connectivity index (χ4n) is 6.44. The number of aliphatic hydroxyl groups excluding tert-OH is 1. The number of hydrogen-bond acceptors (Lipinski definition) is 6. The van der Waals surface area contributed by atoms with Gasteiger partial charge in [0.15, 0.2) is 0 Å². The first-order chi connectivity index (χ1) is 16.3. The van der Waals surface area contributed by atoms with E-state index in [2.05, 4.69) is 33.0 Å². The van der Waals surface area contributed by atoms with Crippen LogP contribution in [-0.4, -0.2) is 86.3 Å². The number of alkyl halides is 1. The molecule has 5 fully saturated rings. The Morgan fingerprint density at radius 1 is 1.12 bits per heavy atom. The Morgan fingerprint density at radius 2 is 1.88 bits per heavy atom. The lowest BCUT2D eigenvalue weighted by atomic mass is 9.47. The zero-order valence-electron chi connectivity index (χ0n) is 19.1. The largest absolute Gasteiger partial charge is 0.389 e. The lowest BCUT2D eigenvalue weighted by Crippen LogP contribution is -2.70. The van der Waals surface area contributed by atoms with Crippen LogP contribution in [0.4, 0.5) is 10.1 Å². The normalized spacial score (nSPS) is 35.5. The average molecular weight is 487 g/mol. The van der Waals surface area contributed by atoms with Gasteiger partial charge in [-0.15, -0.1) is 0 Å². The number of fused-ring (bicyclic) bond motifs is 1. The molecule has 0 amide bonds. The van der Waals surface area contributed by atoms with Crippen LogP contribution >= 0.6 is 11.6 Å². The van der Waals surface area contributed by atoms with Crippen LogP contribution in [0.2, 0.25) is 5.02 Å². The van der Waals surface area contributed by atoms with Gasteiger partial charge in [0.2, 0.25) is 0 Å². The van der Waals surface area contributed by atoms with Crippen LogP contribution in [0.25, 0.3) is 16.6 Å². The zero-order valence-corrected chi connectivity index (χ0v) is 19.9. The Bertz CT molecular complexity index is 1260. The van der Waals surface area contributed by atoms with Gasteiger partial charge < -0.3 is 14.7 Å². The first kappa shape index (κ1) is 21.1. The second kappa shape index (κ2) is 6.94. The second-order valence-corrected chi connectivity index (χ2v) is 11.2. The Balaban J connectivity index is 1.15. The minimum Gasteiger partial charge on any atom is -0.389 e. The van der Waals surface area contributed by atoms with E-state index < -0.39 is 11.8 Å². The number of aromatic nitrogens is 4. The van der Waals surface area contributed by atoms with Crippen molar-refractivity contribution in [3.63, 3.8) is 0 Å². The molecule has 180 valence electrons. The van der Waals surface area contributed by atoms with Crippen molar-refractivity contribution >= 4 is 28.2 Å². The maximum Gasteiger partial charge on any atom is 0.118 e. The molecule has 5 aliphatic rings. The van der Waals surface area contributed by atoms with E-state index in [1.54, 1.807) is 6.20 Å². The predicted octanol–water partition coefficient (Wildman–Crippen LogP) is 2.75. The van der Waals surface area contributed by atoms with Gasteiger partial charge in [-0.2, -0.15) is 10.2 Å². The molecule has 34 heavy (non-hydrogen) atoms. The quantitative estimate of drug-likeness (QED) is 0.611. The lowest BCUT2D eigenvalue weighted by molar-refractivity contribution is -0.203. The number of rotatable bonds is 4. The fraction of sp³-hybridized carbons (Fsp3) is 0.583. The number of ether oxygens (including phenoxy) is 1. The van der Waals surface area contributed by atoms with Crippen LogP contribution in [0.1, 0.15) is 26.2 Å². The molecule has 2 aromatic heterocycles. The van der Waals surface area contributed by atoms with Gasteiger partial charge in [-0.3, -0.25) is 9.58 Å². The molecular formula is C24H28ClFN6O2. The third-order valence-electron chi connectivity index (χ3n) is 8.60. The molecule has 2 saturated heterocycles. The molecule has 8 nitrogen and oxygen atoms in total. The number of nitrogens with zero attached hydrogens (tertiary/aromatic N) is 6. The summed E-state index contributed by atoms with van der Waals surface area (Å²) >= 11 is 6.71. The minimum absolute atomic E-state index is 0.140. The summed E-state index contributed by atoms with van der Waals surface area (Å²) in [5, 5.41) is 21.2. The topological polar surface area (TPSA) is 71.6 Å². The van der Waals surface area contributed by atoms with Crippen molar-refractivity contribution in [1.82, 2.24) is 24.5 Å². The summed E-state index contributed by atoms with van der Waals surface area (Å²) in [6.45, 7) is 6.32. The van der Waals surface area contributed by atoms with Gasteiger partial charge in [0, 0.05) is 50.8 Å². The molecule has 1 N–H and O–H groups in total. The molecule has 4 heterocycles. The monoisotopic (exact) mass is 486 g/mol. The highest BCUT2D eigenvalue weighted by molar-refractivity contribution is 6.34. The van der Waals surface area contributed by atoms with E-state index in [9.17, 15) is 9.50 Å². The summed E-state index contributed by atoms with van der Waals surface area (Å²) in [7, 11) is 0. The Kier molecular flexibility index (Phi) is 4.31. The standard InChI is InChI=1S/C24H28ClFN6O2/c1-22(15-34-11-21(22)33)30-4-2-29(3-5-30)20-7-19-16(6-18(20)25)8-28-32(19)17-9-27-31(10-17)24-12-23(26,13-24)14-24/h6-10,21,33H,2-5,11-15H2,1H3/t21-,22+,23?,24?/m0/s1. The van der Waals surface area contributed by atoms with Crippen molar-refractivity contribution in [2.75, 3.05) is 44.3 Å². The summed E-state index contributed by atoms with van der Waals surface area (Å²) in [5.74, 6) is 0. The summed E-state index contributed by atoms with van der Waals surface area (Å²) in [6.07, 6.45) is 6.84. The van der Waals surface area contributed by atoms with E-state index in [1.807, 2.05) is 27.8 Å². The van der Waals surface area contributed by atoms with Crippen molar-refractivity contribution in [1.29, 1.82) is 0 Å². The molecule has 2 atom stereocenters. The maximum absolute atomic E-state index is 14.0. The Labute approximate surface area is 201 Å². The molecule has 2 aliphatic heterocycles. The molecule has 2 bridgehead atoms. The van der Waals surface area contributed by atoms with Crippen LogP contribution in [-0.2, 0) is 10.3 Å². The number of aliphatic hydroxyl groups is 1. The second-order valence-electron chi connectivity index (χ2n) is 10.8. The van der Waals surface area contributed by atoms with Crippen molar-refractivity contribution in [3.8, 4) is 5.69 Å². The van der Waals surface area contributed by atoms with E-state index in [4.69, 9.17) is 16.3 Å². The number of anilines is 1. The summed E-state index contributed by atoms with van der Waals surface area (Å²) in [6, 6.07) is 4.07. The zero-order chi connectivity index (χ0) is 23.3. The first-order valence-electron chi connectivity index (χ1n) is 12.0. The van der Waals surface area contributed by atoms with Crippen molar-refractivity contribution in [3.05, 3.63) is 35.7 Å². The van der Waals surface area contributed by atoms with Crippen LogP contribution in [0.3, 0.4) is 0 Å². The van der Waals surface area contributed by atoms with E-state index in [1.165, 1.54) is 0 Å². The molecule has 8 rings (SSSR count). The third-order valence-corrected chi connectivity index (χ3v) is 8.91. The van der Waals surface area contributed by atoms with E-state index >= 15 is 0 Å². The third kappa shape index (κ3) is 2.87.